The molecular formula is C11H16O4. The van der Waals surface area contributed by atoms with Crippen LogP contribution in [0.15, 0.2) is 24.8 Å². The van der Waals surface area contributed by atoms with Crippen LogP contribution < -0.4 is 0 Å². The van der Waals surface area contributed by atoms with E-state index in [4.69, 9.17) is 4.74 Å². The van der Waals surface area contributed by atoms with Crippen molar-refractivity contribution in [1.82, 2.24) is 0 Å². The lowest BCUT2D eigenvalue weighted by Crippen LogP contribution is -2.24. The highest BCUT2D eigenvalue weighted by molar-refractivity contribution is 5.90. The molecule has 0 N–H and O–H groups in total. The number of carbonyl (C=O) groups is 2. The van der Waals surface area contributed by atoms with Crippen molar-refractivity contribution in [3.63, 3.8) is 0 Å². The van der Waals surface area contributed by atoms with E-state index in [-0.39, 0.29) is 5.57 Å². The molecule has 0 aromatic heterocycles. The predicted molar refractivity (Wildman–Crippen MR) is 56.1 cm³/mol. The second kappa shape index (κ2) is 6.81. The first-order chi connectivity index (χ1) is 7.06. The Morgan fingerprint density at radius 3 is 2.47 bits per heavy atom. The van der Waals surface area contributed by atoms with Crippen LogP contribution >= 0.6 is 0 Å². The Balaban J connectivity index is 4.50. The van der Waals surface area contributed by atoms with Crippen LogP contribution in [0.2, 0.25) is 0 Å². The van der Waals surface area contributed by atoms with Gasteiger partial charge in [-0.05, 0) is 6.42 Å². The summed E-state index contributed by atoms with van der Waals surface area (Å²) < 4.78 is 9.47. The predicted octanol–water partition coefficient (Wildman–Crippen LogP) is 1.61. The SMILES string of the molecule is C=CC(=O)OC(CCC)C(=C)C(=O)OC. The molecule has 1 atom stereocenters. The molecule has 0 radical (unpaired) electrons. The van der Waals surface area contributed by atoms with Crippen LogP contribution in [0.25, 0.3) is 0 Å². The molecule has 0 saturated heterocycles. The third-order valence-corrected chi connectivity index (χ3v) is 1.81. The number of rotatable bonds is 6. The van der Waals surface area contributed by atoms with E-state index in [0.717, 1.165) is 12.5 Å². The number of ether oxygens (including phenoxy) is 2. The summed E-state index contributed by atoms with van der Waals surface area (Å²) in [4.78, 5) is 22.1. The molecule has 1 unspecified atom stereocenters. The summed E-state index contributed by atoms with van der Waals surface area (Å²) in [6.45, 7) is 8.74. The number of hydrogen-bond acceptors (Lipinski definition) is 4. The van der Waals surface area contributed by atoms with Crippen LogP contribution in [-0.2, 0) is 19.1 Å². The van der Waals surface area contributed by atoms with Crippen molar-refractivity contribution in [2.45, 2.75) is 25.9 Å². The fraction of sp³-hybridized carbons (Fsp3) is 0.455. The van der Waals surface area contributed by atoms with E-state index in [9.17, 15) is 9.59 Å². The lowest BCUT2D eigenvalue weighted by atomic mass is 10.1. The molecule has 15 heavy (non-hydrogen) atoms. The topological polar surface area (TPSA) is 52.6 Å². The molecule has 0 spiro atoms. The molecule has 0 rings (SSSR count). The average molecular weight is 212 g/mol. The Morgan fingerprint density at radius 1 is 1.47 bits per heavy atom. The molecule has 4 nitrogen and oxygen atoms in total. The van der Waals surface area contributed by atoms with Gasteiger partial charge in [-0.2, -0.15) is 0 Å². The van der Waals surface area contributed by atoms with Gasteiger partial charge < -0.3 is 9.47 Å². The van der Waals surface area contributed by atoms with Crippen molar-refractivity contribution >= 4 is 11.9 Å². The Labute approximate surface area is 89.6 Å². The number of esters is 2. The van der Waals surface area contributed by atoms with Gasteiger partial charge in [-0.1, -0.05) is 26.5 Å². The molecule has 0 saturated carbocycles. The van der Waals surface area contributed by atoms with Crippen LogP contribution in [0.4, 0.5) is 0 Å². The normalized spacial score (nSPS) is 11.3. The quantitative estimate of drug-likeness (QED) is 0.496. The van der Waals surface area contributed by atoms with Gasteiger partial charge >= 0.3 is 11.9 Å². The number of carbonyl (C=O) groups excluding carboxylic acids is 2. The first-order valence-corrected chi connectivity index (χ1v) is 4.66. The molecule has 0 aromatic carbocycles. The smallest absolute Gasteiger partial charge is 0.336 e. The molecule has 0 aliphatic carbocycles. The van der Waals surface area contributed by atoms with Crippen LogP contribution in [0, 0.1) is 0 Å². The fourth-order valence-electron chi connectivity index (χ4n) is 1.02. The molecule has 4 heteroatoms. The van der Waals surface area contributed by atoms with E-state index in [0.29, 0.717) is 6.42 Å². The third-order valence-electron chi connectivity index (χ3n) is 1.81. The van der Waals surface area contributed by atoms with E-state index in [1.54, 1.807) is 0 Å². The standard InChI is InChI=1S/C11H16O4/c1-5-7-9(15-10(12)6-2)8(3)11(13)14-4/h6,9H,2-3,5,7H2,1,4H3. The van der Waals surface area contributed by atoms with E-state index >= 15 is 0 Å². The van der Waals surface area contributed by atoms with Crippen molar-refractivity contribution in [2.75, 3.05) is 7.11 Å². The van der Waals surface area contributed by atoms with E-state index in [1.807, 2.05) is 6.92 Å². The largest absolute Gasteiger partial charge is 0.466 e. The molecule has 0 aliphatic heterocycles. The zero-order chi connectivity index (χ0) is 11.8. The van der Waals surface area contributed by atoms with Gasteiger partial charge in [-0.15, -0.1) is 0 Å². The molecule has 0 bridgehead atoms. The molecule has 0 amide bonds. The van der Waals surface area contributed by atoms with Crippen molar-refractivity contribution in [3.8, 4) is 0 Å². The maximum Gasteiger partial charge on any atom is 0.336 e. The summed E-state index contributed by atoms with van der Waals surface area (Å²) in [5, 5.41) is 0. The average Bonchev–Trinajstić information content (AvgIpc) is 2.26. The minimum Gasteiger partial charge on any atom is -0.466 e. The zero-order valence-electron chi connectivity index (χ0n) is 9.12. The Kier molecular flexibility index (Phi) is 6.09. The summed E-state index contributed by atoms with van der Waals surface area (Å²) in [5.41, 5.74) is 0.148. The van der Waals surface area contributed by atoms with Gasteiger partial charge in [0.15, 0.2) is 0 Å². The van der Waals surface area contributed by atoms with Crippen molar-refractivity contribution in [3.05, 3.63) is 24.8 Å². The van der Waals surface area contributed by atoms with Crippen molar-refractivity contribution < 1.29 is 19.1 Å². The molecule has 0 aromatic rings. The van der Waals surface area contributed by atoms with Crippen LogP contribution in [0.5, 0.6) is 0 Å². The fourth-order valence-corrected chi connectivity index (χ4v) is 1.02. The van der Waals surface area contributed by atoms with E-state index in [2.05, 4.69) is 17.9 Å². The van der Waals surface area contributed by atoms with Crippen LogP contribution in [0.1, 0.15) is 19.8 Å². The van der Waals surface area contributed by atoms with Gasteiger partial charge in [0.25, 0.3) is 0 Å². The summed E-state index contributed by atoms with van der Waals surface area (Å²) in [7, 11) is 1.26. The first-order valence-electron chi connectivity index (χ1n) is 4.66. The van der Waals surface area contributed by atoms with E-state index in [1.165, 1.54) is 7.11 Å². The third kappa shape index (κ3) is 4.44. The number of methoxy groups -OCH3 is 1. The van der Waals surface area contributed by atoms with E-state index < -0.39 is 18.0 Å². The highest BCUT2D eigenvalue weighted by Gasteiger charge is 2.21. The summed E-state index contributed by atoms with van der Waals surface area (Å²) in [6, 6.07) is 0. The van der Waals surface area contributed by atoms with Gasteiger partial charge in [0.1, 0.15) is 6.10 Å². The lowest BCUT2D eigenvalue weighted by Gasteiger charge is -2.16. The van der Waals surface area contributed by atoms with Gasteiger partial charge in [0.05, 0.1) is 12.7 Å². The summed E-state index contributed by atoms with van der Waals surface area (Å²) in [5.74, 6) is -1.14. The van der Waals surface area contributed by atoms with Crippen LogP contribution in [-0.4, -0.2) is 25.2 Å². The Hall–Kier alpha value is -1.58. The second-order valence-electron chi connectivity index (χ2n) is 2.94. The minimum atomic E-state index is -0.632. The van der Waals surface area contributed by atoms with Gasteiger partial charge in [-0.25, -0.2) is 9.59 Å². The van der Waals surface area contributed by atoms with Gasteiger partial charge in [0.2, 0.25) is 0 Å². The maximum absolute atomic E-state index is 11.2. The maximum atomic E-state index is 11.2. The van der Waals surface area contributed by atoms with Crippen molar-refractivity contribution in [2.24, 2.45) is 0 Å². The molecular weight excluding hydrogens is 196 g/mol. The molecule has 0 fully saturated rings. The molecule has 0 heterocycles. The molecule has 84 valence electrons. The second-order valence-corrected chi connectivity index (χ2v) is 2.94. The Morgan fingerprint density at radius 2 is 2.07 bits per heavy atom. The highest BCUT2D eigenvalue weighted by atomic mass is 16.6. The minimum absolute atomic E-state index is 0.148. The first kappa shape index (κ1) is 13.4. The highest BCUT2D eigenvalue weighted by Crippen LogP contribution is 2.13. The van der Waals surface area contributed by atoms with Gasteiger partial charge in [-0.3, -0.25) is 0 Å². The zero-order valence-corrected chi connectivity index (χ0v) is 9.12. The number of hydrogen-bond donors (Lipinski definition) is 0. The molecule has 0 aliphatic rings. The van der Waals surface area contributed by atoms with Crippen molar-refractivity contribution in [1.29, 1.82) is 0 Å². The van der Waals surface area contributed by atoms with Gasteiger partial charge in [0, 0.05) is 6.08 Å². The lowest BCUT2D eigenvalue weighted by molar-refractivity contribution is -0.144. The summed E-state index contributed by atoms with van der Waals surface area (Å²) >= 11 is 0. The summed E-state index contributed by atoms with van der Waals surface area (Å²) in [6.07, 6.45) is 1.72. The Bertz CT molecular complexity index is 268. The van der Waals surface area contributed by atoms with Crippen LogP contribution in [0.3, 0.4) is 0 Å². The monoisotopic (exact) mass is 212 g/mol.